The molecule has 0 aromatic carbocycles. The number of thiazole rings is 1. The third-order valence-corrected chi connectivity index (χ3v) is 5.19. The molecule has 0 aliphatic heterocycles. The lowest BCUT2D eigenvalue weighted by molar-refractivity contribution is 0.190. The summed E-state index contributed by atoms with van der Waals surface area (Å²) in [5, 5.41) is 18.2. The molecule has 0 aliphatic carbocycles. The predicted molar refractivity (Wildman–Crippen MR) is 91.6 cm³/mol. The zero-order chi connectivity index (χ0) is 16.8. The van der Waals surface area contributed by atoms with Gasteiger partial charge in [0.2, 0.25) is 0 Å². The van der Waals surface area contributed by atoms with Crippen molar-refractivity contribution in [1.82, 2.24) is 4.57 Å². The predicted octanol–water partition coefficient (Wildman–Crippen LogP) is 1.34. The molecular formula is C16H15N3O2S2. The summed E-state index contributed by atoms with van der Waals surface area (Å²) in [5.74, 6) is 0. The summed E-state index contributed by atoms with van der Waals surface area (Å²) in [6.45, 7) is 2.93. The Hall–Kier alpha value is -2.19. The summed E-state index contributed by atoms with van der Waals surface area (Å²) < 4.78 is 7.45. The first-order chi connectivity index (χ1) is 11.1. The molecular weight excluding hydrogens is 330 g/mol. The molecule has 0 saturated heterocycles. The van der Waals surface area contributed by atoms with Gasteiger partial charge in [0.05, 0.1) is 4.53 Å². The highest BCUT2D eigenvalue weighted by Crippen LogP contribution is 2.15. The van der Waals surface area contributed by atoms with Crippen molar-refractivity contribution in [1.29, 1.82) is 10.5 Å². The lowest BCUT2D eigenvalue weighted by Crippen LogP contribution is -2.32. The van der Waals surface area contributed by atoms with E-state index in [1.165, 1.54) is 15.9 Å². The Morgan fingerprint density at radius 3 is 2.65 bits per heavy atom. The quantitative estimate of drug-likeness (QED) is 0.766. The summed E-state index contributed by atoms with van der Waals surface area (Å²) >= 11 is 2.78. The molecule has 0 unspecified atom stereocenters. The molecule has 23 heavy (non-hydrogen) atoms. The van der Waals surface area contributed by atoms with Gasteiger partial charge in [-0.25, -0.2) is 0 Å². The van der Waals surface area contributed by atoms with Crippen molar-refractivity contribution in [3.8, 4) is 12.1 Å². The number of hydrogen-bond donors (Lipinski definition) is 0. The van der Waals surface area contributed by atoms with Crippen LogP contribution in [0.1, 0.15) is 16.2 Å². The van der Waals surface area contributed by atoms with Crippen LogP contribution in [0, 0.1) is 29.6 Å². The Balaban J connectivity index is 2.64. The number of aryl methyl sites for hydroxylation is 1. The number of aromatic nitrogens is 1. The Kier molecular flexibility index (Phi) is 5.89. The Morgan fingerprint density at radius 2 is 2.09 bits per heavy atom. The fourth-order valence-electron chi connectivity index (χ4n) is 2.06. The Labute approximate surface area is 141 Å². The normalized spacial score (nSPS) is 11.2. The minimum absolute atomic E-state index is 0.0356. The van der Waals surface area contributed by atoms with E-state index in [4.69, 9.17) is 15.3 Å². The number of ether oxygens (including phenoxy) is 1. The molecule has 0 bridgehead atoms. The molecule has 2 aromatic heterocycles. The third kappa shape index (κ3) is 3.96. The maximum atomic E-state index is 12.6. The molecule has 2 rings (SSSR count). The van der Waals surface area contributed by atoms with Gasteiger partial charge in [0, 0.05) is 30.0 Å². The van der Waals surface area contributed by atoms with Crippen molar-refractivity contribution in [2.75, 3.05) is 13.7 Å². The molecule has 0 spiro atoms. The standard InChI is InChI=1S/C16H15N3O2S2/c1-11-4-5-13(22-11)8-14-15(20)19(6-3-7-21-2)16(23-14)12(9-17)10-18/h4-5,8H,3,6-7H2,1-2H3/b14-8+. The minimum atomic E-state index is -0.171. The highest BCUT2D eigenvalue weighted by atomic mass is 32.1. The van der Waals surface area contributed by atoms with Crippen LogP contribution in [0.2, 0.25) is 0 Å². The van der Waals surface area contributed by atoms with Crippen LogP contribution in [-0.4, -0.2) is 18.3 Å². The van der Waals surface area contributed by atoms with E-state index < -0.39 is 0 Å². The van der Waals surface area contributed by atoms with E-state index in [1.807, 2.05) is 37.3 Å². The highest BCUT2D eigenvalue weighted by molar-refractivity contribution is 7.13. The van der Waals surface area contributed by atoms with E-state index in [-0.39, 0.29) is 11.1 Å². The number of hydrogen-bond acceptors (Lipinski definition) is 6. The van der Waals surface area contributed by atoms with Crippen LogP contribution >= 0.6 is 22.7 Å². The zero-order valence-corrected chi connectivity index (χ0v) is 14.5. The van der Waals surface area contributed by atoms with Crippen LogP contribution < -0.4 is 14.8 Å². The Morgan fingerprint density at radius 1 is 1.35 bits per heavy atom. The lowest BCUT2D eigenvalue weighted by Gasteiger charge is -2.01. The van der Waals surface area contributed by atoms with Crippen LogP contribution in [0.3, 0.4) is 0 Å². The minimum Gasteiger partial charge on any atom is -0.385 e. The van der Waals surface area contributed by atoms with Gasteiger partial charge in [-0.1, -0.05) is 0 Å². The maximum Gasteiger partial charge on any atom is 0.269 e. The molecule has 0 saturated carbocycles. The van der Waals surface area contributed by atoms with Gasteiger partial charge in [0.25, 0.3) is 5.56 Å². The van der Waals surface area contributed by atoms with Crippen LogP contribution in [0.4, 0.5) is 0 Å². The van der Waals surface area contributed by atoms with Crippen molar-refractivity contribution >= 4 is 34.3 Å². The number of nitrogens with zero attached hydrogens (tertiary/aromatic N) is 3. The van der Waals surface area contributed by atoms with Crippen LogP contribution in [0.15, 0.2) is 16.9 Å². The van der Waals surface area contributed by atoms with Gasteiger partial charge in [-0.15, -0.1) is 22.7 Å². The van der Waals surface area contributed by atoms with Crippen LogP contribution in [0.5, 0.6) is 0 Å². The monoisotopic (exact) mass is 345 g/mol. The van der Waals surface area contributed by atoms with Crippen LogP contribution in [-0.2, 0) is 11.3 Å². The van der Waals surface area contributed by atoms with Gasteiger partial charge in [-0.2, -0.15) is 10.5 Å². The molecule has 0 atom stereocenters. The molecule has 2 heterocycles. The largest absolute Gasteiger partial charge is 0.385 e. The van der Waals surface area contributed by atoms with Gasteiger partial charge in [-0.3, -0.25) is 9.36 Å². The molecule has 0 fully saturated rings. The topological polar surface area (TPSA) is 78.8 Å². The molecule has 0 radical (unpaired) electrons. The van der Waals surface area contributed by atoms with E-state index in [1.54, 1.807) is 18.4 Å². The second kappa shape index (κ2) is 7.89. The van der Waals surface area contributed by atoms with Crippen molar-refractivity contribution < 1.29 is 4.74 Å². The highest BCUT2D eigenvalue weighted by Gasteiger charge is 2.09. The van der Waals surface area contributed by atoms with Gasteiger partial charge in [-0.05, 0) is 31.6 Å². The fourth-order valence-corrected chi connectivity index (χ4v) is 4.02. The average molecular weight is 345 g/mol. The van der Waals surface area contributed by atoms with Crippen LogP contribution in [0.25, 0.3) is 11.6 Å². The molecule has 118 valence electrons. The number of methoxy groups -OCH3 is 1. The van der Waals surface area contributed by atoms with E-state index in [9.17, 15) is 4.79 Å². The average Bonchev–Trinajstić information content (AvgIpc) is 3.07. The van der Waals surface area contributed by atoms with E-state index in [0.29, 0.717) is 28.8 Å². The smallest absolute Gasteiger partial charge is 0.269 e. The van der Waals surface area contributed by atoms with E-state index >= 15 is 0 Å². The number of thiophene rings is 1. The molecule has 7 heteroatoms. The summed E-state index contributed by atoms with van der Waals surface area (Å²) in [6.07, 6.45) is 2.45. The Bertz CT molecular complexity index is 935. The number of nitriles is 2. The summed E-state index contributed by atoms with van der Waals surface area (Å²) in [5.41, 5.74) is -0.207. The van der Waals surface area contributed by atoms with Crippen molar-refractivity contribution in [2.45, 2.75) is 19.9 Å². The van der Waals surface area contributed by atoms with Crippen molar-refractivity contribution in [2.24, 2.45) is 0 Å². The summed E-state index contributed by atoms with van der Waals surface area (Å²) in [7, 11) is 1.59. The molecule has 0 aliphatic rings. The van der Waals surface area contributed by atoms with Crippen molar-refractivity contribution in [3.05, 3.63) is 41.4 Å². The maximum absolute atomic E-state index is 12.6. The first-order valence-electron chi connectivity index (χ1n) is 6.92. The molecule has 0 N–H and O–H groups in total. The summed E-state index contributed by atoms with van der Waals surface area (Å²) in [4.78, 5) is 14.7. The van der Waals surface area contributed by atoms with Gasteiger partial charge < -0.3 is 4.74 Å². The SMILES string of the molecule is COCCCn1c(=C(C#N)C#N)s/c(=C/c2ccc(C)s2)c1=O. The van der Waals surface area contributed by atoms with Gasteiger partial charge >= 0.3 is 0 Å². The first-order valence-corrected chi connectivity index (χ1v) is 8.55. The first kappa shape index (κ1) is 17.2. The molecule has 0 amide bonds. The van der Waals surface area contributed by atoms with E-state index in [2.05, 4.69) is 0 Å². The second-order valence-corrected chi connectivity index (χ2v) is 7.12. The second-order valence-electron chi connectivity index (χ2n) is 4.77. The summed E-state index contributed by atoms with van der Waals surface area (Å²) in [6, 6.07) is 7.68. The van der Waals surface area contributed by atoms with E-state index in [0.717, 1.165) is 9.75 Å². The third-order valence-electron chi connectivity index (χ3n) is 3.11. The van der Waals surface area contributed by atoms with Gasteiger partial charge in [0.15, 0.2) is 5.57 Å². The fraction of sp³-hybridized carbons (Fsp3) is 0.312. The number of rotatable bonds is 5. The molecule has 5 nitrogen and oxygen atoms in total. The molecule has 2 aromatic rings. The van der Waals surface area contributed by atoms with Crippen molar-refractivity contribution in [3.63, 3.8) is 0 Å². The zero-order valence-electron chi connectivity index (χ0n) is 12.8. The van der Waals surface area contributed by atoms with Gasteiger partial charge in [0.1, 0.15) is 16.8 Å². The lowest BCUT2D eigenvalue weighted by atomic mass is 10.3.